The van der Waals surface area contributed by atoms with Crippen molar-refractivity contribution in [1.29, 1.82) is 0 Å². The summed E-state index contributed by atoms with van der Waals surface area (Å²) >= 11 is 0. The van der Waals surface area contributed by atoms with Crippen LogP contribution in [-0.2, 0) is 0 Å². The molecule has 1 aromatic heterocycles. The number of nitrogens with zero attached hydrogens (tertiary/aromatic N) is 2. The first kappa shape index (κ1) is 23.0. The third-order valence-electron chi connectivity index (χ3n) is 5.99. The van der Waals surface area contributed by atoms with Gasteiger partial charge in [0.2, 0.25) is 5.82 Å². The summed E-state index contributed by atoms with van der Waals surface area (Å²) in [7, 11) is 4.65. The smallest absolute Gasteiger partial charge is 0.300 e. The molecule has 1 fully saturated rings. The van der Waals surface area contributed by atoms with Gasteiger partial charge in [0.05, 0.1) is 25.7 Å². The highest BCUT2D eigenvalue weighted by molar-refractivity contribution is 5.98. The molecule has 9 heteroatoms. The minimum Gasteiger partial charge on any atom is -0.365 e. The average Bonchev–Trinajstić information content (AvgIpc) is 2.69. The number of aryl methyl sites for hydroxylation is 1. The number of hydrogen-bond acceptors (Lipinski definition) is 4. The molecule has 1 aliphatic rings. The van der Waals surface area contributed by atoms with Gasteiger partial charge in [-0.3, -0.25) is 9.28 Å². The Balaban J connectivity index is 2.11. The maximum atomic E-state index is 15.1. The van der Waals surface area contributed by atoms with Gasteiger partial charge in [-0.15, -0.1) is 0 Å². The number of pyridine rings is 1. The number of primary amides is 1. The van der Waals surface area contributed by atoms with Crippen LogP contribution in [0.1, 0.15) is 35.2 Å². The van der Waals surface area contributed by atoms with Crippen LogP contribution in [0.2, 0.25) is 0 Å². The number of carbonyl (C=O) groups is 1. The first-order valence-corrected chi connectivity index (χ1v) is 10.2. The molecule has 2 aromatic rings. The molecule has 1 saturated carbocycles. The molecule has 6 nitrogen and oxygen atoms in total. The van der Waals surface area contributed by atoms with Gasteiger partial charge in [-0.2, -0.15) is 18.2 Å². The Morgan fingerprint density at radius 2 is 1.90 bits per heavy atom. The predicted octanol–water partition coefficient (Wildman–Crippen LogP) is 3.71. The number of nitrogens with one attached hydrogen (secondary N) is 2. The first-order valence-electron chi connectivity index (χ1n) is 10.2. The lowest BCUT2D eigenvalue weighted by Crippen LogP contribution is -2.68. The lowest BCUT2D eigenvalue weighted by Gasteiger charge is -2.46. The molecule has 31 heavy (non-hydrogen) atoms. The summed E-state index contributed by atoms with van der Waals surface area (Å²) in [6, 6.07) is 6.47. The summed E-state index contributed by atoms with van der Waals surface area (Å²) in [5.41, 5.74) is 6.92. The summed E-state index contributed by atoms with van der Waals surface area (Å²) in [6.45, 7) is 1.93. The van der Waals surface area contributed by atoms with Crippen molar-refractivity contribution in [2.75, 3.05) is 26.5 Å². The van der Waals surface area contributed by atoms with E-state index in [-0.39, 0.29) is 23.6 Å². The Hall–Kier alpha value is -2.65. The molecular weight excluding hydrogens is 407 g/mol. The maximum Gasteiger partial charge on any atom is 0.300 e. The second-order valence-electron chi connectivity index (χ2n) is 8.58. The van der Waals surface area contributed by atoms with Crippen LogP contribution in [0.4, 0.5) is 30.5 Å². The van der Waals surface area contributed by atoms with E-state index in [1.54, 1.807) is 19.2 Å². The Morgan fingerprint density at radius 1 is 1.26 bits per heavy atom. The van der Waals surface area contributed by atoms with E-state index in [0.717, 1.165) is 11.6 Å². The van der Waals surface area contributed by atoms with Crippen LogP contribution >= 0.6 is 0 Å². The molecule has 4 N–H and O–H groups in total. The highest BCUT2D eigenvalue weighted by atomic mass is 19.3. The number of benzene rings is 1. The standard InChI is InChI=1S/C22H28F3N5O/c1-13-7-9-14(10-8-13)28-20-15(19(26)31)12-16(23)21(29-20)30(3,4)18-17(27-2)6-5-11-22(18,24)25/h7-10,12,17-18,27H,5-6,11H2,1-4H3,(H2-,26,28,29,31)/p+1. The highest BCUT2D eigenvalue weighted by Crippen LogP contribution is 2.42. The molecule has 0 saturated heterocycles. The van der Waals surface area contributed by atoms with E-state index < -0.39 is 34.2 Å². The van der Waals surface area contributed by atoms with E-state index in [1.165, 1.54) is 14.1 Å². The Kier molecular flexibility index (Phi) is 6.29. The van der Waals surface area contributed by atoms with Crippen molar-refractivity contribution < 1.29 is 18.0 Å². The van der Waals surface area contributed by atoms with Crippen molar-refractivity contribution in [2.45, 2.75) is 44.2 Å². The number of aromatic nitrogens is 1. The lowest BCUT2D eigenvalue weighted by atomic mass is 9.84. The molecule has 0 spiro atoms. The van der Waals surface area contributed by atoms with Crippen LogP contribution in [-0.4, -0.2) is 50.0 Å². The SMILES string of the molecule is CNC1CCCC(F)(F)C1[N+](C)(C)c1nc(Nc2ccc(C)cc2)c(C(N)=O)cc1F. The van der Waals surface area contributed by atoms with Crippen LogP contribution in [0.3, 0.4) is 0 Å². The Bertz CT molecular complexity index is 962. The van der Waals surface area contributed by atoms with Gasteiger partial charge >= 0.3 is 0 Å². The quantitative estimate of drug-likeness (QED) is 0.603. The van der Waals surface area contributed by atoms with Crippen molar-refractivity contribution in [3.8, 4) is 0 Å². The topological polar surface area (TPSA) is 80.0 Å². The number of hydrogen-bond donors (Lipinski definition) is 3. The van der Waals surface area contributed by atoms with E-state index in [2.05, 4.69) is 15.6 Å². The normalized spacial score (nSPS) is 21.0. The molecule has 1 heterocycles. The molecule has 0 radical (unpaired) electrons. The largest absolute Gasteiger partial charge is 0.365 e. The lowest BCUT2D eigenvalue weighted by molar-refractivity contribution is -0.104. The van der Waals surface area contributed by atoms with E-state index >= 15 is 13.2 Å². The molecule has 1 aromatic carbocycles. The first-order chi connectivity index (χ1) is 14.5. The van der Waals surface area contributed by atoms with Gasteiger partial charge in [0, 0.05) is 12.1 Å². The van der Waals surface area contributed by atoms with Crippen LogP contribution in [0.5, 0.6) is 0 Å². The zero-order valence-electron chi connectivity index (χ0n) is 18.2. The number of quaternary nitrogens is 1. The van der Waals surface area contributed by atoms with Crippen LogP contribution in [0.15, 0.2) is 30.3 Å². The summed E-state index contributed by atoms with van der Waals surface area (Å²) in [6.07, 6.45) is 0.659. The fraction of sp³-hybridized carbons (Fsp3) is 0.455. The van der Waals surface area contributed by atoms with Gasteiger partial charge in [0.1, 0.15) is 5.82 Å². The van der Waals surface area contributed by atoms with Crippen molar-refractivity contribution in [2.24, 2.45) is 5.73 Å². The summed E-state index contributed by atoms with van der Waals surface area (Å²) < 4.78 is 44.7. The van der Waals surface area contributed by atoms with Crippen molar-refractivity contribution >= 4 is 23.2 Å². The summed E-state index contributed by atoms with van der Waals surface area (Å²) in [5, 5.41) is 5.94. The molecule has 2 atom stereocenters. The van der Waals surface area contributed by atoms with Gasteiger partial charge in [-0.05, 0) is 45.0 Å². The fourth-order valence-electron chi connectivity index (χ4n) is 4.45. The molecule has 1 amide bonds. The molecule has 1 aliphatic carbocycles. The second-order valence-corrected chi connectivity index (χ2v) is 8.58. The van der Waals surface area contributed by atoms with Crippen LogP contribution < -0.4 is 20.9 Å². The number of rotatable bonds is 6. The van der Waals surface area contributed by atoms with Gasteiger partial charge < -0.3 is 16.4 Å². The zero-order valence-corrected chi connectivity index (χ0v) is 18.2. The number of carbonyl (C=O) groups excluding carboxylic acids is 1. The number of halogens is 3. The van der Waals surface area contributed by atoms with Crippen molar-refractivity contribution in [1.82, 2.24) is 14.8 Å². The minimum absolute atomic E-state index is 0.0269. The van der Waals surface area contributed by atoms with E-state index in [9.17, 15) is 4.79 Å². The average molecular weight is 437 g/mol. The molecule has 0 bridgehead atoms. The summed E-state index contributed by atoms with van der Waals surface area (Å²) in [5.74, 6) is -4.90. The van der Waals surface area contributed by atoms with Gasteiger partial charge in [-0.1, -0.05) is 17.7 Å². The molecule has 2 unspecified atom stereocenters. The minimum atomic E-state index is -3.02. The predicted molar refractivity (Wildman–Crippen MR) is 116 cm³/mol. The number of amides is 1. The molecular formula is C22H29F3N5O+. The van der Waals surface area contributed by atoms with E-state index in [1.807, 2.05) is 19.1 Å². The number of anilines is 2. The van der Waals surface area contributed by atoms with Crippen molar-refractivity contribution in [3.63, 3.8) is 0 Å². The molecule has 3 rings (SSSR count). The third kappa shape index (κ3) is 4.52. The highest BCUT2D eigenvalue weighted by Gasteiger charge is 2.57. The monoisotopic (exact) mass is 436 g/mol. The van der Waals surface area contributed by atoms with Gasteiger partial charge in [-0.25, -0.2) is 0 Å². The fourth-order valence-corrected chi connectivity index (χ4v) is 4.45. The number of nitrogens with two attached hydrogens (primary N) is 1. The Labute approximate surface area is 180 Å². The van der Waals surface area contributed by atoms with E-state index in [4.69, 9.17) is 5.73 Å². The maximum absolute atomic E-state index is 15.1. The number of likely N-dealkylation sites (N-methyl/N-ethyl adjacent to an activating group) is 2. The van der Waals surface area contributed by atoms with E-state index in [0.29, 0.717) is 18.5 Å². The van der Waals surface area contributed by atoms with Gasteiger partial charge in [0.25, 0.3) is 17.6 Å². The molecule has 0 aliphatic heterocycles. The molecule has 168 valence electrons. The summed E-state index contributed by atoms with van der Waals surface area (Å²) in [4.78, 5) is 16.2. The third-order valence-corrected chi connectivity index (χ3v) is 5.99. The van der Waals surface area contributed by atoms with Crippen molar-refractivity contribution in [3.05, 3.63) is 47.3 Å². The second kappa shape index (κ2) is 8.47. The van der Waals surface area contributed by atoms with Crippen LogP contribution in [0, 0.1) is 12.7 Å². The Morgan fingerprint density at radius 3 is 2.48 bits per heavy atom. The number of alkyl halides is 2. The zero-order chi connectivity index (χ0) is 23.0. The van der Waals surface area contributed by atoms with Crippen LogP contribution in [0.25, 0.3) is 0 Å². The van der Waals surface area contributed by atoms with Gasteiger partial charge in [0.15, 0.2) is 6.04 Å².